The SMILES string of the molecule is CC(C)c1c(-c2ccc(C(=O)O)cc2F)nc2cc(N)c(C=N)cc2c1-c1ccc(F)cc1. The number of nitrogens with zero attached hydrogens (tertiary/aromatic N) is 1. The van der Waals surface area contributed by atoms with E-state index in [0.717, 1.165) is 23.4 Å². The molecule has 0 amide bonds. The van der Waals surface area contributed by atoms with Gasteiger partial charge in [-0.3, -0.25) is 0 Å². The monoisotopic (exact) mass is 445 g/mol. The molecule has 166 valence electrons. The average molecular weight is 445 g/mol. The molecule has 0 aliphatic rings. The predicted octanol–water partition coefficient (Wildman–Crippen LogP) is 6.25. The number of anilines is 1. The van der Waals surface area contributed by atoms with Gasteiger partial charge in [0.25, 0.3) is 0 Å². The summed E-state index contributed by atoms with van der Waals surface area (Å²) in [6, 6.07) is 13.1. The van der Waals surface area contributed by atoms with Crippen molar-refractivity contribution >= 4 is 28.8 Å². The number of hydrogen-bond acceptors (Lipinski definition) is 4. The van der Waals surface area contributed by atoms with Crippen molar-refractivity contribution in [2.45, 2.75) is 19.8 Å². The number of benzene rings is 3. The number of hydrogen-bond donors (Lipinski definition) is 3. The summed E-state index contributed by atoms with van der Waals surface area (Å²) >= 11 is 0. The van der Waals surface area contributed by atoms with Gasteiger partial charge in [-0.05, 0) is 65.1 Å². The van der Waals surface area contributed by atoms with E-state index in [1.54, 1.807) is 24.3 Å². The third kappa shape index (κ3) is 3.93. The van der Waals surface area contributed by atoms with Crippen molar-refractivity contribution in [1.29, 1.82) is 5.41 Å². The maximum atomic E-state index is 15.1. The van der Waals surface area contributed by atoms with Crippen LogP contribution in [-0.4, -0.2) is 22.3 Å². The summed E-state index contributed by atoms with van der Waals surface area (Å²) in [7, 11) is 0. The van der Waals surface area contributed by atoms with E-state index in [4.69, 9.17) is 16.1 Å². The number of nitrogens with two attached hydrogens (primary N) is 1. The largest absolute Gasteiger partial charge is 0.478 e. The number of carboxylic acid groups (broad SMARTS) is 1. The number of aromatic carboxylic acids is 1. The molecule has 33 heavy (non-hydrogen) atoms. The normalized spacial score (nSPS) is 11.2. The summed E-state index contributed by atoms with van der Waals surface area (Å²) in [4.78, 5) is 16.0. The lowest BCUT2D eigenvalue weighted by atomic mass is 9.85. The highest BCUT2D eigenvalue weighted by atomic mass is 19.1. The first-order valence-electron chi connectivity index (χ1n) is 10.3. The summed E-state index contributed by atoms with van der Waals surface area (Å²) in [6.45, 7) is 3.88. The summed E-state index contributed by atoms with van der Waals surface area (Å²) in [5.41, 5.74) is 9.94. The maximum absolute atomic E-state index is 15.1. The van der Waals surface area contributed by atoms with Crippen LogP contribution in [0, 0.1) is 17.0 Å². The van der Waals surface area contributed by atoms with Crippen molar-refractivity contribution in [1.82, 2.24) is 4.98 Å². The number of nitrogens with one attached hydrogen (secondary N) is 1. The first-order valence-corrected chi connectivity index (χ1v) is 10.3. The van der Waals surface area contributed by atoms with Crippen molar-refractivity contribution < 1.29 is 18.7 Å². The summed E-state index contributed by atoms with van der Waals surface area (Å²) in [6.07, 6.45) is 1.15. The van der Waals surface area contributed by atoms with Crippen LogP contribution >= 0.6 is 0 Å². The lowest BCUT2D eigenvalue weighted by Gasteiger charge is -2.21. The van der Waals surface area contributed by atoms with Crippen LogP contribution in [0.2, 0.25) is 0 Å². The van der Waals surface area contributed by atoms with Crippen molar-refractivity contribution in [3.05, 3.63) is 82.9 Å². The van der Waals surface area contributed by atoms with Crippen LogP contribution in [0.1, 0.15) is 41.3 Å². The Morgan fingerprint density at radius 3 is 2.36 bits per heavy atom. The van der Waals surface area contributed by atoms with Gasteiger partial charge in [0, 0.05) is 28.4 Å². The maximum Gasteiger partial charge on any atom is 0.335 e. The van der Waals surface area contributed by atoms with Crippen LogP contribution in [0.15, 0.2) is 54.6 Å². The Morgan fingerprint density at radius 1 is 1.09 bits per heavy atom. The Kier molecular flexibility index (Phi) is 5.64. The van der Waals surface area contributed by atoms with Crippen molar-refractivity contribution in [2.24, 2.45) is 0 Å². The molecule has 0 atom stereocenters. The Hall–Kier alpha value is -4.13. The van der Waals surface area contributed by atoms with E-state index in [1.807, 2.05) is 13.8 Å². The first kappa shape index (κ1) is 22.1. The van der Waals surface area contributed by atoms with Gasteiger partial charge < -0.3 is 16.2 Å². The number of nitrogen functional groups attached to an aromatic ring is 1. The van der Waals surface area contributed by atoms with Gasteiger partial charge in [-0.1, -0.05) is 26.0 Å². The second kappa shape index (κ2) is 8.43. The molecule has 0 saturated carbocycles. The average Bonchev–Trinajstić information content (AvgIpc) is 2.77. The third-order valence-electron chi connectivity index (χ3n) is 5.56. The fraction of sp³-hybridized carbons (Fsp3) is 0.115. The first-order chi connectivity index (χ1) is 15.7. The quantitative estimate of drug-likeness (QED) is 0.250. The number of aromatic nitrogens is 1. The van der Waals surface area contributed by atoms with Crippen molar-refractivity contribution in [3.63, 3.8) is 0 Å². The van der Waals surface area contributed by atoms with Gasteiger partial charge in [-0.2, -0.15) is 0 Å². The molecule has 3 aromatic carbocycles. The summed E-state index contributed by atoms with van der Waals surface area (Å²) in [5.74, 6) is -2.44. The topological polar surface area (TPSA) is 100 Å². The van der Waals surface area contributed by atoms with Gasteiger partial charge in [0.05, 0.1) is 16.8 Å². The molecule has 4 aromatic rings. The highest BCUT2D eigenvalue weighted by Crippen LogP contribution is 2.42. The van der Waals surface area contributed by atoms with Gasteiger partial charge in [-0.25, -0.2) is 18.6 Å². The Balaban J connectivity index is 2.16. The lowest BCUT2D eigenvalue weighted by Crippen LogP contribution is -2.05. The van der Waals surface area contributed by atoms with Gasteiger partial charge in [0.2, 0.25) is 0 Å². The molecule has 1 heterocycles. The molecule has 7 heteroatoms. The van der Waals surface area contributed by atoms with E-state index in [1.165, 1.54) is 24.3 Å². The van der Waals surface area contributed by atoms with E-state index in [-0.39, 0.29) is 22.9 Å². The van der Waals surface area contributed by atoms with Crippen molar-refractivity contribution in [3.8, 4) is 22.4 Å². The van der Waals surface area contributed by atoms with E-state index < -0.39 is 11.8 Å². The Labute approximate surface area is 189 Å². The smallest absolute Gasteiger partial charge is 0.335 e. The molecule has 0 aliphatic carbocycles. The number of pyridine rings is 1. The molecule has 0 spiro atoms. The van der Waals surface area contributed by atoms with Crippen LogP contribution in [0.5, 0.6) is 0 Å². The van der Waals surface area contributed by atoms with E-state index in [0.29, 0.717) is 33.4 Å². The molecule has 0 bridgehead atoms. The van der Waals surface area contributed by atoms with Crippen LogP contribution in [0.4, 0.5) is 14.5 Å². The second-order valence-corrected chi connectivity index (χ2v) is 8.05. The minimum atomic E-state index is -1.23. The third-order valence-corrected chi connectivity index (χ3v) is 5.56. The molecule has 4 rings (SSSR count). The van der Waals surface area contributed by atoms with Gasteiger partial charge in [0.1, 0.15) is 11.6 Å². The highest BCUT2D eigenvalue weighted by molar-refractivity contribution is 6.04. The fourth-order valence-corrected chi connectivity index (χ4v) is 4.02. The lowest BCUT2D eigenvalue weighted by molar-refractivity contribution is 0.0696. The van der Waals surface area contributed by atoms with E-state index >= 15 is 4.39 Å². The number of carbonyl (C=O) groups is 1. The zero-order chi connectivity index (χ0) is 23.9. The molecule has 1 aromatic heterocycles. The molecule has 0 saturated heterocycles. The van der Waals surface area contributed by atoms with Crippen molar-refractivity contribution in [2.75, 3.05) is 5.73 Å². The zero-order valence-corrected chi connectivity index (χ0v) is 18.0. The van der Waals surface area contributed by atoms with Gasteiger partial charge in [-0.15, -0.1) is 0 Å². The molecule has 0 aliphatic heterocycles. The molecule has 5 nitrogen and oxygen atoms in total. The van der Waals surface area contributed by atoms with E-state index in [2.05, 4.69) is 0 Å². The summed E-state index contributed by atoms with van der Waals surface area (Å²) in [5, 5.41) is 17.6. The zero-order valence-electron chi connectivity index (χ0n) is 18.0. The minimum absolute atomic E-state index is 0.114. The van der Waals surface area contributed by atoms with Gasteiger partial charge in [0.15, 0.2) is 0 Å². The second-order valence-electron chi connectivity index (χ2n) is 8.05. The Morgan fingerprint density at radius 2 is 1.79 bits per heavy atom. The molecule has 0 unspecified atom stereocenters. The van der Waals surface area contributed by atoms with Crippen LogP contribution in [0.25, 0.3) is 33.3 Å². The Bertz CT molecular complexity index is 1410. The predicted molar refractivity (Wildman–Crippen MR) is 126 cm³/mol. The minimum Gasteiger partial charge on any atom is -0.478 e. The van der Waals surface area contributed by atoms with Crippen LogP contribution in [0.3, 0.4) is 0 Å². The van der Waals surface area contributed by atoms with Crippen LogP contribution in [-0.2, 0) is 0 Å². The molecule has 0 radical (unpaired) electrons. The molecule has 4 N–H and O–H groups in total. The number of rotatable bonds is 5. The highest BCUT2D eigenvalue weighted by Gasteiger charge is 2.23. The molecular formula is C26H21F2N3O2. The number of fused-ring (bicyclic) bond motifs is 1. The number of carboxylic acids is 1. The van der Waals surface area contributed by atoms with E-state index in [9.17, 15) is 14.3 Å². The number of halogens is 2. The summed E-state index contributed by atoms with van der Waals surface area (Å²) < 4.78 is 28.8. The molecular weight excluding hydrogens is 424 g/mol. The van der Waals surface area contributed by atoms with Crippen LogP contribution < -0.4 is 5.73 Å². The van der Waals surface area contributed by atoms with Gasteiger partial charge >= 0.3 is 5.97 Å². The standard InChI is InChI=1S/C26H21F2N3O2/c1-13(2)23-24(14-3-6-17(27)7-4-14)19-9-16(12-29)21(30)11-22(19)31-25(23)18-8-5-15(26(32)33)10-20(18)28/h3-13,29H,30H2,1-2H3,(H,32,33). The molecule has 0 fully saturated rings. The fourth-order valence-electron chi connectivity index (χ4n) is 4.02.